The second-order valence-electron chi connectivity index (χ2n) is 5.45. The Balaban J connectivity index is 1.80. The number of ether oxygens (including phenoxy) is 1. The minimum Gasteiger partial charge on any atom is -0.492 e. The third kappa shape index (κ3) is 3.63. The first-order chi connectivity index (χ1) is 11.6. The molecule has 1 aliphatic rings. The number of hydrogen-bond donors (Lipinski definition) is 0. The molecular formula is C17H21NO4S2. The van der Waals surface area contributed by atoms with E-state index in [9.17, 15) is 8.42 Å². The molecule has 5 nitrogen and oxygen atoms in total. The van der Waals surface area contributed by atoms with Crippen LogP contribution < -0.4 is 4.74 Å². The number of sulfonamides is 1. The van der Waals surface area contributed by atoms with Gasteiger partial charge in [-0.1, -0.05) is 12.1 Å². The molecule has 0 aliphatic carbocycles. The van der Waals surface area contributed by atoms with Crippen LogP contribution in [0.15, 0.2) is 52.0 Å². The molecule has 1 aromatic carbocycles. The first-order valence-corrected chi connectivity index (χ1v) is 10.5. The van der Waals surface area contributed by atoms with Gasteiger partial charge in [-0.05, 0) is 37.6 Å². The maximum atomic E-state index is 13.0. The summed E-state index contributed by atoms with van der Waals surface area (Å²) in [5.74, 6) is 2.06. The lowest BCUT2D eigenvalue weighted by Gasteiger charge is -2.21. The van der Waals surface area contributed by atoms with Gasteiger partial charge >= 0.3 is 0 Å². The van der Waals surface area contributed by atoms with Crippen LogP contribution in [0.4, 0.5) is 0 Å². The predicted octanol–water partition coefficient (Wildman–Crippen LogP) is 3.55. The van der Waals surface area contributed by atoms with Gasteiger partial charge in [0.2, 0.25) is 10.0 Å². The van der Waals surface area contributed by atoms with Crippen molar-refractivity contribution in [1.82, 2.24) is 4.31 Å². The molecular weight excluding hydrogens is 346 g/mol. The minimum atomic E-state index is -3.57. The second-order valence-corrected chi connectivity index (χ2v) is 8.66. The number of para-hydroxylation sites is 1. The molecule has 0 N–H and O–H groups in total. The molecule has 0 amide bonds. The SMILES string of the molecule is CCOc1ccccc1S(=O)(=O)N1CCSC(c2ccco2)CC1. The lowest BCUT2D eigenvalue weighted by Crippen LogP contribution is -2.33. The predicted molar refractivity (Wildman–Crippen MR) is 94.9 cm³/mol. The third-order valence-corrected chi connectivity index (χ3v) is 7.15. The van der Waals surface area contributed by atoms with Gasteiger partial charge in [-0.3, -0.25) is 0 Å². The third-order valence-electron chi connectivity index (χ3n) is 3.93. The van der Waals surface area contributed by atoms with Crippen LogP contribution in [0, 0.1) is 0 Å². The highest BCUT2D eigenvalue weighted by atomic mass is 32.2. The first-order valence-electron chi connectivity index (χ1n) is 8.00. The highest BCUT2D eigenvalue weighted by molar-refractivity contribution is 7.99. The fraction of sp³-hybridized carbons (Fsp3) is 0.412. The zero-order valence-corrected chi connectivity index (χ0v) is 15.2. The van der Waals surface area contributed by atoms with Crippen molar-refractivity contribution >= 4 is 21.8 Å². The van der Waals surface area contributed by atoms with Crippen LogP contribution in [-0.4, -0.2) is 38.2 Å². The van der Waals surface area contributed by atoms with E-state index in [4.69, 9.17) is 9.15 Å². The molecule has 130 valence electrons. The molecule has 1 fully saturated rings. The largest absolute Gasteiger partial charge is 0.492 e. The Hall–Kier alpha value is -1.44. The molecule has 3 rings (SSSR count). The van der Waals surface area contributed by atoms with Crippen LogP contribution in [0.1, 0.15) is 24.4 Å². The van der Waals surface area contributed by atoms with Crippen molar-refractivity contribution in [2.24, 2.45) is 0 Å². The molecule has 0 saturated carbocycles. The Bertz CT molecular complexity index is 759. The number of rotatable bonds is 5. The first kappa shape index (κ1) is 17.4. The summed E-state index contributed by atoms with van der Waals surface area (Å²) in [5.41, 5.74) is 0. The van der Waals surface area contributed by atoms with E-state index in [1.807, 2.05) is 19.1 Å². The summed E-state index contributed by atoms with van der Waals surface area (Å²) >= 11 is 1.74. The van der Waals surface area contributed by atoms with Crippen LogP contribution in [0.3, 0.4) is 0 Å². The van der Waals surface area contributed by atoms with Gasteiger partial charge in [-0.25, -0.2) is 8.42 Å². The van der Waals surface area contributed by atoms with Crippen molar-refractivity contribution in [3.05, 3.63) is 48.4 Å². The molecule has 24 heavy (non-hydrogen) atoms. The Morgan fingerprint density at radius 1 is 1.25 bits per heavy atom. The fourth-order valence-corrected chi connectivity index (χ4v) is 5.65. The van der Waals surface area contributed by atoms with Gasteiger partial charge in [0.25, 0.3) is 0 Å². The summed E-state index contributed by atoms with van der Waals surface area (Å²) < 4.78 is 38.6. The molecule has 0 spiro atoms. The molecule has 2 heterocycles. The van der Waals surface area contributed by atoms with Crippen LogP contribution in [-0.2, 0) is 10.0 Å². The van der Waals surface area contributed by atoms with Crippen LogP contribution in [0.25, 0.3) is 0 Å². The quantitative estimate of drug-likeness (QED) is 0.809. The van der Waals surface area contributed by atoms with E-state index >= 15 is 0 Å². The molecule has 7 heteroatoms. The van der Waals surface area contributed by atoms with E-state index in [2.05, 4.69) is 0 Å². The number of hydrogen-bond acceptors (Lipinski definition) is 5. The van der Waals surface area contributed by atoms with Gasteiger partial charge in [0.15, 0.2) is 0 Å². The molecule has 1 aliphatic heterocycles. The van der Waals surface area contributed by atoms with Gasteiger partial charge in [0.05, 0.1) is 18.1 Å². The summed E-state index contributed by atoms with van der Waals surface area (Å²) in [5, 5.41) is 0.197. The maximum absolute atomic E-state index is 13.0. The van der Waals surface area contributed by atoms with Crippen molar-refractivity contribution < 1.29 is 17.6 Å². The zero-order valence-electron chi connectivity index (χ0n) is 13.6. The second kappa shape index (κ2) is 7.63. The number of benzene rings is 1. The van der Waals surface area contributed by atoms with Crippen molar-refractivity contribution in [3.8, 4) is 5.75 Å². The van der Waals surface area contributed by atoms with Gasteiger partial charge in [-0.2, -0.15) is 4.31 Å². The van der Waals surface area contributed by atoms with Crippen LogP contribution >= 0.6 is 11.8 Å². The highest BCUT2D eigenvalue weighted by Gasteiger charge is 2.31. The number of furan rings is 1. The van der Waals surface area contributed by atoms with Gasteiger partial charge in [-0.15, -0.1) is 11.8 Å². The molecule has 1 aromatic heterocycles. The lowest BCUT2D eigenvalue weighted by molar-refractivity contribution is 0.329. The highest BCUT2D eigenvalue weighted by Crippen LogP contribution is 2.36. The number of thioether (sulfide) groups is 1. The Labute approximate surface area is 147 Å². The van der Waals surface area contributed by atoms with E-state index < -0.39 is 10.0 Å². The maximum Gasteiger partial charge on any atom is 0.246 e. The van der Waals surface area contributed by atoms with Gasteiger partial charge < -0.3 is 9.15 Å². The average molecular weight is 367 g/mol. The minimum absolute atomic E-state index is 0.197. The Kier molecular flexibility index (Phi) is 5.53. The normalized spacial score (nSPS) is 19.8. The van der Waals surface area contributed by atoms with Crippen molar-refractivity contribution in [2.75, 3.05) is 25.4 Å². The fourth-order valence-electron chi connectivity index (χ4n) is 2.77. The summed E-state index contributed by atoms with van der Waals surface area (Å²) in [6.07, 6.45) is 2.39. The zero-order chi connectivity index (χ0) is 17.0. The molecule has 1 atom stereocenters. The van der Waals surface area contributed by atoms with E-state index in [-0.39, 0.29) is 10.1 Å². The van der Waals surface area contributed by atoms with E-state index in [1.54, 1.807) is 46.6 Å². The Morgan fingerprint density at radius 3 is 2.83 bits per heavy atom. The molecule has 0 radical (unpaired) electrons. The van der Waals surface area contributed by atoms with E-state index in [0.29, 0.717) is 25.4 Å². The van der Waals surface area contributed by atoms with Crippen molar-refractivity contribution in [2.45, 2.75) is 23.5 Å². The smallest absolute Gasteiger partial charge is 0.246 e. The van der Waals surface area contributed by atoms with Gasteiger partial charge in [0, 0.05) is 18.8 Å². The van der Waals surface area contributed by atoms with Crippen molar-refractivity contribution in [1.29, 1.82) is 0 Å². The molecule has 1 saturated heterocycles. The summed E-state index contributed by atoms with van der Waals surface area (Å²) in [6, 6.07) is 10.7. The van der Waals surface area contributed by atoms with E-state index in [0.717, 1.165) is 17.9 Å². The van der Waals surface area contributed by atoms with Crippen LogP contribution in [0.5, 0.6) is 5.75 Å². The monoisotopic (exact) mass is 367 g/mol. The van der Waals surface area contributed by atoms with Gasteiger partial charge in [0.1, 0.15) is 16.4 Å². The summed E-state index contributed by atoms with van der Waals surface area (Å²) in [4.78, 5) is 0.244. The lowest BCUT2D eigenvalue weighted by atomic mass is 10.2. The average Bonchev–Trinajstić information content (AvgIpc) is 2.99. The standard InChI is InChI=1S/C17H21NO4S2/c1-2-21-15-6-3-4-8-17(15)24(19,20)18-10-9-16(23-13-11-18)14-7-5-12-22-14/h3-8,12,16H,2,9-11,13H2,1H3. The summed E-state index contributed by atoms with van der Waals surface area (Å²) in [7, 11) is -3.57. The number of nitrogens with zero attached hydrogens (tertiary/aromatic N) is 1. The topological polar surface area (TPSA) is 59.8 Å². The summed E-state index contributed by atoms with van der Waals surface area (Å²) in [6.45, 7) is 3.24. The molecule has 1 unspecified atom stereocenters. The Morgan fingerprint density at radius 2 is 2.08 bits per heavy atom. The van der Waals surface area contributed by atoms with E-state index in [1.165, 1.54) is 0 Å². The van der Waals surface area contributed by atoms with Crippen molar-refractivity contribution in [3.63, 3.8) is 0 Å². The van der Waals surface area contributed by atoms with Crippen LogP contribution in [0.2, 0.25) is 0 Å². The molecule has 2 aromatic rings. The molecule has 0 bridgehead atoms.